The molecule has 0 fully saturated rings. The van der Waals surface area contributed by atoms with E-state index >= 15 is 0 Å². The number of benzene rings is 1. The van der Waals surface area contributed by atoms with Crippen LogP contribution >= 0.6 is 11.8 Å². The predicted octanol–water partition coefficient (Wildman–Crippen LogP) is 4.34. The lowest BCUT2D eigenvalue weighted by atomic mass is 10.2. The van der Waals surface area contributed by atoms with Gasteiger partial charge < -0.3 is 5.32 Å². The molecule has 3 heteroatoms. The summed E-state index contributed by atoms with van der Waals surface area (Å²) in [6, 6.07) is 14.7. The van der Waals surface area contributed by atoms with E-state index in [4.69, 9.17) is 0 Å². The number of hydrogen-bond donors (Lipinski definition) is 1. The molecule has 1 aromatic carbocycles. The Hall–Kier alpha value is -1.48. The number of nitrogens with zero attached hydrogens (tertiary/aromatic N) is 1. The van der Waals surface area contributed by atoms with Crippen molar-refractivity contribution in [2.75, 3.05) is 11.1 Å². The number of hydrogen-bond acceptors (Lipinski definition) is 3. The molecule has 1 aromatic heterocycles. The van der Waals surface area contributed by atoms with E-state index in [0.717, 1.165) is 23.7 Å². The highest BCUT2D eigenvalue weighted by Gasteiger charge is 1.96. The molecular formula is C16H20N2S. The smallest absolute Gasteiger partial charge is 0.0594 e. The molecule has 0 aliphatic rings. The van der Waals surface area contributed by atoms with Gasteiger partial charge >= 0.3 is 0 Å². The Morgan fingerprint density at radius 1 is 1.11 bits per heavy atom. The van der Waals surface area contributed by atoms with Crippen molar-refractivity contribution in [3.63, 3.8) is 0 Å². The van der Waals surface area contributed by atoms with Crippen molar-refractivity contribution in [2.24, 2.45) is 0 Å². The van der Waals surface area contributed by atoms with Crippen molar-refractivity contribution in [1.29, 1.82) is 0 Å². The van der Waals surface area contributed by atoms with E-state index in [-0.39, 0.29) is 0 Å². The molecule has 2 aromatic rings. The van der Waals surface area contributed by atoms with Gasteiger partial charge in [0.1, 0.15) is 0 Å². The second-order valence-electron chi connectivity index (χ2n) is 4.42. The zero-order valence-electron chi connectivity index (χ0n) is 11.3. The molecule has 19 heavy (non-hydrogen) atoms. The van der Waals surface area contributed by atoms with E-state index in [2.05, 4.69) is 41.5 Å². The van der Waals surface area contributed by atoms with Crippen LogP contribution in [0.15, 0.2) is 48.7 Å². The fourth-order valence-electron chi connectivity index (χ4n) is 1.75. The Kier molecular flexibility index (Phi) is 5.76. The Balaban J connectivity index is 1.81. The quantitative estimate of drug-likeness (QED) is 0.759. The van der Waals surface area contributed by atoms with Gasteiger partial charge in [0.25, 0.3) is 0 Å². The lowest BCUT2D eigenvalue weighted by Gasteiger charge is -2.07. The molecule has 0 saturated heterocycles. The van der Waals surface area contributed by atoms with E-state index < -0.39 is 0 Å². The van der Waals surface area contributed by atoms with Crippen molar-refractivity contribution in [2.45, 2.75) is 25.6 Å². The molecule has 0 radical (unpaired) electrons. The normalized spacial score (nSPS) is 10.4. The van der Waals surface area contributed by atoms with Crippen LogP contribution in [-0.2, 0) is 12.3 Å². The molecule has 100 valence electrons. The fourth-order valence-corrected chi connectivity index (χ4v) is 2.61. The van der Waals surface area contributed by atoms with Gasteiger partial charge in [-0.05, 0) is 42.0 Å². The number of anilines is 1. The standard InChI is InChI=1S/C16H20N2S/c1-2-11-19-13-14-6-8-15(9-7-14)18-12-16-5-3-4-10-17-16/h3-10,18H,2,11-13H2,1H3. The van der Waals surface area contributed by atoms with E-state index in [0.29, 0.717) is 0 Å². The van der Waals surface area contributed by atoms with Crippen LogP contribution in [0.1, 0.15) is 24.6 Å². The van der Waals surface area contributed by atoms with Crippen LogP contribution in [-0.4, -0.2) is 10.7 Å². The topological polar surface area (TPSA) is 24.9 Å². The fraction of sp³-hybridized carbons (Fsp3) is 0.312. The second kappa shape index (κ2) is 7.85. The summed E-state index contributed by atoms with van der Waals surface area (Å²) in [6.45, 7) is 2.99. The summed E-state index contributed by atoms with van der Waals surface area (Å²) in [6.07, 6.45) is 3.07. The largest absolute Gasteiger partial charge is 0.379 e. The SMILES string of the molecule is CCCSCc1ccc(NCc2ccccn2)cc1. The van der Waals surface area contributed by atoms with Crippen LogP contribution in [0.25, 0.3) is 0 Å². The molecule has 1 N–H and O–H groups in total. The molecular weight excluding hydrogens is 252 g/mol. The molecule has 0 aliphatic heterocycles. The average molecular weight is 272 g/mol. The lowest BCUT2D eigenvalue weighted by molar-refractivity contribution is 1.05. The molecule has 0 saturated carbocycles. The van der Waals surface area contributed by atoms with Crippen molar-refractivity contribution in [3.05, 3.63) is 59.9 Å². The van der Waals surface area contributed by atoms with Crippen LogP contribution in [0.5, 0.6) is 0 Å². The van der Waals surface area contributed by atoms with Gasteiger partial charge in [0.2, 0.25) is 0 Å². The van der Waals surface area contributed by atoms with Gasteiger partial charge in [0.15, 0.2) is 0 Å². The Bertz CT molecular complexity index is 468. The number of pyridine rings is 1. The highest BCUT2D eigenvalue weighted by Crippen LogP contribution is 2.16. The monoisotopic (exact) mass is 272 g/mol. The van der Waals surface area contributed by atoms with Crippen molar-refractivity contribution < 1.29 is 0 Å². The molecule has 0 atom stereocenters. The summed E-state index contributed by atoms with van der Waals surface area (Å²) < 4.78 is 0. The third kappa shape index (κ3) is 4.95. The summed E-state index contributed by atoms with van der Waals surface area (Å²) in [4.78, 5) is 4.30. The highest BCUT2D eigenvalue weighted by molar-refractivity contribution is 7.98. The number of rotatable bonds is 7. The van der Waals surface area contributed by atoms with Crippen LogP contribution in [0.3, 0.4) is 0 Å². The molecule has 1 heterocycles. The Morgan fingerprint density at radius 2 is 1.95 bits per heavy atom. The zero-order valence-corrected chi connectivity index (χ0v) is 12.1. The third-order valence-electron chi connectivity index (χ3n) is 2.77. The van der Waals surface area contributed by atoms with Gasteiger partial charge in [0, 0.05) is 17.6 Å². The second-order valence-corrected chi connectivity index (χ2v) is 5.53. The summed E-state index contributed by atoms with van der Waals surface area (Å²) in [5.41, 5.74) is 3.60. The minimum atomic E-state index is 0.769. The maximum atomic E-state index is 4.30. The molecule has 2 nitrogen and oxygen atoms in total. The minimum absolute atomic E-state index is 0.769. The highest BCUT2D eigenvalue weighted by atomic mass is 32.2. The Morgan fingerprint density at radius 3 is 2.63 bits per heavy atom. The first-order chi connectivity index (χ1) is 9.38. The van der Waals surface area contributed by atoms with Gasteiger partial charge in [-0.25, -0.2) is 0 Å². The zero-order chi connectivity index (χ0) is 13.3. The molecule has 0 unspecified atom stereocenters. The van der Waals surface area contributed by atoms with Gasteiger partial charge in [-0.3, -0.25) is 4.98 Å². The van der Waals surface area contributed by atoms with Gasteiger partial charge in [-0.1, -0.05) is 25.1 Å². The first-order valence-electron chi connectivity index (χ1n) is 6.69. The number of nitrogens with one attached hydrogen (secondary N) is 1. The maximum Gasteiger partial charge on any atom is 0.0594 e. The third-order valence-corrected chi connectivity index (χ3v) is 4.01. The lowest BCUT2D eigenvalue weighted by Crippen LogP contribution is -2.00. The summed E-state index contributed by atoms with van der Waals surface area (Å²) >= 11 is 1.99. The van der Waals surface area contributed by atoms with Gasteiger partial charge in [0.05, 0.1) is 12.2 Å². The van der Waals surface area contributed by atoms with Crippen molar-refractivity contribution in [1.82, 2.24) is 4.98 Å². The Labute approximate surface area is 119 Å². The molecule has 0 amide bonds. The van der Waals surface area contributed by atoms with Gasteiger partial charge in [-0.15, -0.1) is 0 Å². The van der Waals surface area contributed by atoms with Crippen molar-refractivity contribution >= 4 is 17.4 Å². The first kappa shape index (κ1) is 13.9. The predicted molar refractivity (Wildman–Crippen MR) is 84.5 cm³/mol. The molecule has 0 spiro atoms. The number of aromatic nitrogens is 1. The van der Waals surface area contributed by atoms with Gasteiger partial charge in [-0.2, -0.15) is 11.8 Å². The maximum absolute atomic E-state index is 4.30. The van der Waals surface area contributed by atoms with E-state index in [1.165, 1.54) is 17.7 Å². The van der Waals surface area contributed by atoms with E-state index in [1.807, 2.05) is 36.2 Å². The molecule has 0 aliphatic carbocycles. The number of thioether (sulfide) groups is 1. The first-order valence-corrected chi connectivity index (χ1v) is 7.84. The summed E-state index contributed by atoms with van der Waals surface area (Å²) in [5, 5.41) is 3.39. The van der Waals surface area contributed by atoms with E-state index in [9.17, 15) is 0 Å². The summed E-state index contributed by atoms with van der Waals surface area (Å²) in [5.74, 6) is 2.34. The van der Waals surface area contributed by atoms with Crippen LogP contribution < -0.4 is 5.32 Å². The van der Waals surface area contributed by atoms with Crippen LogP contribution in [0, 0.1) is 0 Å². The molecule has 0 bridgehead atoms. The van der Waals surface area contributed by atoms with Crippen LogP contribution in [0.4, 0.5) is 5.69 Å². The van der Waals surface area contributed by atoms with Crippen molar-refractivity contribution in [3.8, 4) is 0 Å². The minimum Gasteiger partial charge on any atom is -0.379 e. The van der Waals surface area contributed by atoms with Crippen LogP contribution in [0.2, 0.25) is 0 Å². The molecule has 2 rings (SSSR count). The van der Waals surface area contributed by atoms with E-state index in [1.54, 1.807) is 0 Å². The average Bonchev–Trinajstić information content (AvgIpc) is 2.48. The summed E-state index contributed by atoms with van der Waals surface area (Å²) in [7, 11) is 0.